The number of nitrogen functional groups attached to an aromatic ring is 1. The zero-order valence-corrected chi connectivity index (χ0v) is 20.5. The number of nitrogens with two attached hydrogens (primary N) is 1. The number of ether oxygens (including phenoxy) is 1. The van der Waals surface area contributed by atoms with Crippen molar-refractivity contribution in [2.75, 3.05) is 19.5 Å². The molecule has 0 bridgehead atoms. The fourth-order valence-electron chi connectivity index (χ4n) is 3.60. The summed E-state index contributed by atoms with van der Waals surface area (Å²) in [5.41, 5.74) is 6.81. The summed E-state index contributed by atoms with van der Waals surface area (Å²) < 4.78 is 31.7. The number of aliphatic carboxylic acids is 1. The van der Waals surface area contributed by atoms with E-state index < -0.39 is 19.8 Å². The number of fused-ring (bicyclic) bond motifs is 1. The molecule has 35 heavy (non-hydrogen) atoms. The van der Waals surface area contributed by atoms with Gasteiger partial charge in [-0.2, -0.15) is 15.1 Å². The van der Waals surface area contributed by atoms with Crippen LogP contribution in [-0.4, -0.2) is 50.4 Å². The van der Waals surface area contributed by atoms with Gasteiger partial charge in [-0.05, 0) is 25.5 Å². The van der Waals surface area contributed by atoms with Crippen LogP contribution in [0.1, 0.15) is 19.4 Å². The summed E-state index contributed by atoms with van der Waals surface area (Å²) >= 11 is 6.12. The van der Waals surface area contributed by atoms with Gasteiger partial charge >= 0.3 is 13.7 Å². The van der Waals surface area contributed by atoms with Crippen LogP contribution in [0.2, 0.25) is 5.02 Å². The SMILES string of the molecule is COc1nc(N)nc2c1ncn2[C@H]1C=C[C@@H](COP(=O)(NC(C)C(=O)O)Oc2ccccc2Cl)C1. The Labute approximate surface area is 205 Å². The number of benzene rings is 1. The van der Waals surface area contributed by atoms with Gasteiger partial charge in [-0.1, -0.05) is 35.9 Å². The highest BCUT2D eigenvalue weighted by Crippen LogP contribution is 2.47. The van der Waals surface area contributed by atoms with Gasteiger partial charge in [0.25, 0.3) is 0 Å². The Balaban J connectivity index is 1.48. The van der Waals surface area contributed by atoms with Crippen LogP contribution in [0.5, 0.6) is 11.6 Å². The van der Waals surface area contributed by atoms with Gasteiger partial charge in [-0.3, -0.25) is 9.32 Å². The Morgan fingerprint density at radius 2 is 2.14 bits per heavy atom. The number of halogens is 1. The molecule has 2 unspecified atom stereocenters. The molecule has 0 amide bonds. The molecule has 186 valence electrons. The Bertz CT molecular complexity index is 1320. The molecular weight excluding hydrogens is 499 g/mol. The number of para-hydroxylation sites is 1. The van der Waals surface area contributed by atoms with Gasteiger partial charge in [0.15, 0.2) is 11.2 Å². The second-order valence-corrected chi connectivity index (χ2v) is 9.97. The second kappa shape index (κ2) is 10.2. The molecule has 2 aromatic heterocycles. The second-order valence-electron chi connectivity index (χ2n) is 7.87. The molecule has 4 rings (SSSR count). The smallest absolute Gasteiger partial charge is 0.459 e. The molecule has 4 atom stereocenters. The van der Waals surface area contributed by atoms with Gasteiger partial charge in [0.1, 0.15) is 11.8 Å². The molecule has 0 radical (unpaired) electrons. The normalized spacial score (nSPS) is 20.0. The Hall–Kier alpha value is -3.18. The summed E-state index contributed by atoms with van der Waals surface area (Å²) in [4.78, 5) is 24.0. The molecule has 1 aliphatic rings. The number of hydrogen-bond donors (Lipinski definition) is 3. The van der Waals surface area contributed by atoms with Gasteiger partial charge in [0, 0.05) is 5.92 Å². The van der Waals surface area contributed by atoms with Crippen LogP contribution in [0.3, 0.4) is 0 Å². The molecule has 2 heterocycles. The summed E-state index contributed by atoms with van der Waals surface area (Å²) in [6.07, 6.45) is 6.07. The third-order valence-electron chi connectivity index (χ3n) is 5.34. The number of carbonyl (C=O) groups is 1. The largest absolute Gasteiger partial charge is 0.480 e. The molecule has 3 aromatic rings. The molecule has 1 aromatic carbocycles. The monoisotopic (exact) mass is 522 g/mol. The highest BCUT2D eigenvalue weighted by atomic mass is 35.5. The van der Waals surface area contributed by atoms with Crippen molar-refractivity contribution in [1.29, 1.82) is 0 Å². The Morgan fingerprint density at radius 1 is 1.37 bits per heavy atom. The first-order valence-electron chi connectivity index (χ1n) is 10.6. The van der Waals surface area contributed by atoms with Gasteiger partial charge in [-0.25, -0.2) is 9.55 Å². The van der Waals surface area contributed by atoms with Crippen molar-refractivity contribution in [3.63, 3.8) is 0 Å². The number of carboxylic acids is 1. The molecule has 14 heteroatoms. The first-order chi connectivity index (χ1) is 16.7. The summed E-state index contributed by atoms with van der Waals surface area (Å²) in [5.74, 6) is -0.901. The lowest BCUT2D eigenvalue weighted by molar-refractivity contribution is -0.138. The van der Waals surface area contributed by atoms with E-state index in [0.29, 0.717) is 17.6 Å². The van der Waals surface area contributed by atoms with Crippen LogP contribution in [-0.2, 0) is 13.9 Å². The van der Waals surface area contributed by atoms with Crippen LogP contribution in [0.25, 0.3) is 11.2 Å². The predicted molar refractivity (Wildman–Crippen MR) is 128 cm³/mol. The fourth-order valence-corrected chi connectivity index (χ4v) is 5.40. The van der Waals surface area contributed by atoms with Crippen LogP contribution in [0.15, 0.2) is 42.7 Å². The number of nitrogens with zero attached hydrogens (tertiary/aromatic N) is 4. The number of allylic oxidation sites excluding steroid dienone is 1. The van der Waals surface area contributed by atoms with Crippen LogP contribution >= 0.6 is 19.3 Å². The molecule has 0 aliphatic heterocycles. The van der Waals surface area contributed by atoms with Gasteiger partial charge in [-0.15, -0.1) is 0 Å². The van der Waals surface area contributed by atoms with Crippen molar-refractivity contribution in [2.45, 2.75) is 25.4 Å². The highest BCUT2D eigenvalue weighted by Gasteiger charge is 2.34. The quantitative estimate of drug-likeness (QED) is 0.264. The molecule has 0 spiro atoms. The number of methoxy groups -OCH3 is 1. The lowest BCUT2D eigenvalue weighted by Gasteiger charge is -2.23. The molecule has 0 saturated carbocycles. The van der Waals surface area contributed by atoms with Gasteiger partial charge in [0.2, 0.25) is 11.8 Å². The van der Waals surface area contributed by atoms with E-state index in [1.807, 2.05) is 16.7 Å². The van der Waals surface area contributed by atoms with Crippen molar-refractivity contribution in [3.8, 4) is 11.6 Å². The van der Waals surface area contributed by atoms with E-state index >= 15 is 0 Å². The summed E-state index contributed by atoms with van der Waals surface area (Å²) in [5, 5.41) is 11.9. The average Bonchev–Trinajstić information content (AvgIpc) is 3.45. The minimum Gasteiger partial charge on any atom is -0.480 e. The number of hydrogen-bond acceptors (Lipinski definition) is 9. The minimum absolute atomic E-state index is 0.00113. The van der Waals surface area contributed by atoms with E-state index in [9.17, 15) is 14.5 Å². The summed E-state index contributed by atoms with van der Waals surface area (Å²) in [7, 11) is -2.61. The molecule has 0 fully saturated rings. The summed E-state index contributed by atoms with van der Waals surface area (Å²) in [6.45, 7) is 1.34. The zero-order valence-electron chi connectivity index (χ0n) is 18.9. The van der Waals surface area contributed by atoms with E-state index in [1.54, 1.807) is 24.5 Å². The van der Waals surface area contributed by atoms with E-state index in [-0.39, 0.29) is 41.2 Å². The maximum absolute atomic E-state index is 13.4. The van der Waals surface area contributed by atoms with E-state index in [4.69, 9.17) is 31.1 Å². The third-order valence-corrected chi connectivity index (χ3v) is 7.28. The van der Waals surface area contributed by atoms with Crippen molar-refractivity contribution in [2.24, 2.45) is 5.92 Å². The van der Waals surface area contributed by atoms with Gasteiger partial charge < -0.3 is 24.7 Å². The highest BCUT2D eigenvalue weighted by molar-refractivity contribution is 7.52. The number of nitrogens with one attached hydrogen (secondary N) is 1. The van der Waals surface area contributed by atoms with Crippen molar-refractivity contribution >= 4 is 42.4 Å². The summed E-state index contributed by atoms with van der Waals surface area (Å²) in [6, 6.07) is 5.11. The zero-order chi connectivity index (χ0) is 25.2. The lowest BCUT2D eigenvalue weighted by Crippen LogP contribution is -2.33. The minimum atomic E-state index is -4.09. The molecule has 4 N–H and O–H groups in total. The fraction of sp³-hybridized carbons (Fsp3) is 0.333. The average molecular weight is 523 g/mol. The van der Waals surface area contributed by atoms with Crippen molar-refractivity contribution in [1.82, 2.24) is 24.6 Å². The molecule has 12 nitrogen and oxygen atoms in total. The van der Waals surface area contributed by atoms with E-state index in [1.165, 1.54) is 20.1 Å². The standard InChI is InChI=1S/C21H24ClN6O6P/c1-12(20(29)30)27-35(31,34-16-6-4-3-5-15(16)22)33-10-13-7-8-14(9-13)28-11-24-17-18(28)25-21(23)26-19(17)32-2/h3-8,11-14H,9-10H2,1-2H3,(H,27,31)(H,29,30)(H2,23,25,26)/t12?,13-,14+,35?/m1/s1. The number of imidazole rings is 1. The molecular formula is C21H24ClN6O6P. The van der Waals surface area contributed by atoms with Crippen molar-refractivity contribution in [3.05, 3.63) is 47.8 Å². The Morgan fingerprint density at radius 3 is 2.86 bits per heavy atom. The number of rotatable bonds is 10. The maximum atomic E-state index is 13.4. The number of anilines is 1. The molecule has 0 saturated heterocycles. The maximum Gasteiger partial charge on any atom is 0.459 e. The third kappa shape index (κ3) is 5.57. The van der Waals surface area contributed by atoms with Crippen LogP contribution < -0.4 is 20.1 Å². The topological polar surface area (TPSA) is 164 Å². The van der Waals surface area contributed by atoms with E-state index in [0.717, 1.165) is 0 Å². The van der Waals surface area contributed by atoms with E-state index in [2.05, 4.69) is 20.0 Å². The Kier molecular flexibility index (Phi) is 7.27. The first kappa shape index (κ1) is 24.9. The van der Waals surface area contributed by atoms with Crippen molar-refractivity contribution < 1.29 is 28.3 Å². The first-order valence-corrected chi connectivity index (χ1v) is 12.5. The van der Waals surface area contributed by atoms with Gasteiger partial charge in [0.05, 0.1) is 31.1 Å². The lowest BCUT2D eigenvalue weighted by atomic mass is 10.1. The predicted octanol–water partition coefficient (Wildman–Crippen LogP) is 3.45. The van der Waals surface area contributed by atoms with Crippen LogP contribution in [0, 0.1) is 5.92 Å². The number of aromatic nitrogens is 4. The van der Waals surface area contributed by atoms with Crippen LogP contribution in [0.4, 0.5) is 5.95 Å². The molecule has 1 aliphatic carbocycles. The number of carboxylic acid groups (broad SMARTS) is 1.